The van der Waals surface area contributed by atoms with Crippen LogP contribution in [0.2, 0.25) is 0 Å². The molecule has 0 saturated heterocycles. The van der Waals surface area contributed by atoms with E-state index >= 15 is 0 Å². The van der Waals surface area contributed by atoms with Gasteiger partial charge < -0.3 is 9.47 Å². The second-order valence-corrected chi connectivity index (χ2v) is 12.4. The normalized spacial score (nSPS) is 20.5. The van der Waals surface area contributed by atoms with Crippen molar-refractivity contribution in [2.45, 2.75) is 25.8 Å². The molecule has 3 aliphatic rings. The molecule has 9 rings (SSSR count). The van der Waals surface area contributed by atoms with Gasteiger partial charge in [-0.2, -0.15) is 0 Å². The Kier molecular flexibility index (Phi) is 4.68. The Morgan fingerprint density at radius 1 is 0.725 bits per heavy atom. The second kappa shape index (κ2) is 8.33. The maximum Gasteiger partial charge on any atom is 0.0631 e. The first-order chi connectivity index (χ1) is 19.8. The van der Waals surface area contributed by atoms with Gasteiger partial charge in [0.15, 0.2) is 0 Å². The summed E-state index contributed by atoms with van der Waals surface area (Å²) >= 11 is 1.93. The molecule has 0 spiro atoms. The quantitative estimate of drug-likeness (QED) is 0.215. The van der Waals surface area contributed by atoms with Crippen LogP contribution in [0.25, 0.3) is 47.7 Å². The lowest BCUT2D eigenvalue weighted by atomic mass is 9.84. The van der Waals surface area contributed by atoms with E-state index in [2.05, 4.69) is 132 Å². The summed E-state index contributed by atoms with van der Waals surface area (Å²) in [4.78, 5) is 2.66. The van der Waals surface area contributed by atoms with E-state index in [0.717, 1.165) is 12.8 Å². The average molecular weight is 533 g/mol. The van der Waals surface area contributed by atoms with Crippen LogP contribution in [0.1, 0.15) is 19.8 Å². The summed E-state index contributed by atoms with van der Waals surface area (Å²) in [5, 5.41) is 5.36. The van der Waals surface area contributed by atoms with E-state index in [1.54, 1.807) is 0 Å². The third kappa shape index (κ3) is 2.99. The molecule has 0 bridgehead atoms. The standard InChI is InChI=1S/C37H28N2S/c1-23-10-8-17-33-36(23)29-22-24(38-30-15-5-2-11-25(30)26-12-3-6-16-31(26)38)20-21-32(29)39(33)34-18-9-14-28-27-13-4-7-19-35(27)40-37(28)34/h2-9,11-20,22-23,32H,10,21H2,1H3. The molecule has 0 radical (unpaired) electrons. The third-order valence-corrected chi connectivity index (χ3v) is 10.3. The van der Waals surface area contributed by atoms with E-state index in [1.807, 2.05) is 11.3 Å². The van der Waals surface area contributed by atoms with Crippen LogP contribution in [-0.2, 0) is 0 Å². The van der Waals surface area contributed by atoms with E-state index < -0.39 is 0 Å². The summed E-state index contributed by atoms with van der Waals surface area (Å²) < 4.78 is 5.23. The highest BCUT2D eigenvalue weighted by Gasteiger charge is 2.40. The molecule has 6 aromatic rings. The Morgan fingerprint density at radius 3 is 2.23 bits per heavy atom. The van der Waals surface area contributed by atoms with Crippen LogP contribution >= 0.6 is 11.3 Å². The molecule has 2 aromatic heterocycles. The molecule has 0 saturated carbocycles. The fourth-order valence-electron chi connectivity index (χ4n) is 7.41. The van der Waals surface area contributed by atoms with Crippen LogP contribution < -0.4 is 4.90 Å². The number of hydrogen-bond acceptors (Lipinski definition) is 2. The first kappa shape index (κ1) is 22.5. The van der Waals surface area contributed by atoms with Gasteiger partial charge in [-0.05, 0) is 66.3 Å². The van der Waals surface area contributed by atoms with Crippen molar-refractivity contribution in [1.82, 2.24) is 4.57 Å². The number of aromatic nitrogens is 1. The second-order valence-electron chi connectivity index (χ2n) is 11.3. The maximum absolute atomic E-state index is 2.66. The number of rotatable bonds is 2. The fourth-order valence-corrected chi connectivity index (χ4v) is 8.62. The molecule has 40 heavy (non-hydrogen) atoms. The molecule has 0 fully saturated rings. The highest BCUT2D eigenvalue weighted by Crippen LogP contribution is 2.51. The van der Waals surface area contributed by atoms with Crippen LogP contribution in [0.15, 0.2) is 132 Å². The molecule has 4 aromatic carbocycles. The summed E-state index contributed by atoms with van der Waals surface area (Å²) in [5.41, 5.74) is 9.59. The fraction of sp³-hybridized carbons (Fsp3) is 0.135. The lowest BCUT2D eigenvalue weighted by Crippen LogP contribution is -2.31. The van der Waals surface area contributed by atoms with Crippen LogP contribution in [0.4, 0.5) is 5.69 Å². The Bertz CT molecular complexity index is 2090. The van der Waals surface area contributed by atoms with Crippen LogP contribution in [0.5, 0.6) is 0 Å². The highest BCUT2D eigenvalue weighted by atomic mass is 32.1. The van der Waals surface area contributed by atoms with Gasteiger partial charge in [0.1, 0.15) is 0 Å². The first-order valence-corrected chi connectivity index (χ1v) is 15.1. The molecule has 3 heteroatoms. The maximum atomic E-state index is 2.66. The summed E-state index contributed by atoms with van der Waals surface area (Å²) in [6, 6.07) is 33.7. The Hall–Kier alpha value is -4.34. The highest BCUT2D eigenvalue weighted by molar-refractivity contribution is 7.26. The zero-order valence-corrected chi connectivity index (χ0v) is 23.2. The first-order valence-electron chi connectivity index (χ1n) is 14.3. The van der Waals surface area contributed by atoms with Crippen LogP contribution in [0.3, 0.4) is 0 Å². The number of allylic oxidation sites excluding steroid dienone is 4. The van der Waals surface area contributed by atoms with E-state index in [1.165, 1.54) is 70.2 Å². The van der Waals surface area contributed by atoms with E-state index in [0.29, 0.717) is 12.0 Å². The molecule has 1 aliphatic heterocycles. The van der Waals surface area contributed by atoms with E-state index in [4.69, 9.17) is 0 Å². The van der Waals surface area contributed by atoms with E-state index in [9.17, 15) is 0 Å². The van der Waals surface area contributed by atoms with Gasteiger partial charge in [0.2, 0.25) is 0 Å². The van der Waals surface area contributed by atoms with Crippen LogP contribution in [-0.4, -0.2) is 10.6 Å². The molecule has 2 atom stereocenters. The number of anilines is 1. The van der Waals surface area contributed by atoms with Gasteiger partial charge in [-0.1, -0.05) is 85.8 Å². The average Bonchev–Trinajstić information content (AvgIpc) is 3.65. The minimum Gasteiger partial charge on any atom is -0.332 e. The van der Waals surface area contributed by atoms with Crippen LogP contribution in [0, 0.1) is 5.92 Å². The largest absolute Gasteiger partial charge is 0.332 e. The number of fused-ring (bicyclic) bond motifs is 8. The summed E-state index contributed by atoms with van der Waals surface area (Å²) in [6.07, 6.45) is 11.8. The lowest BCUT2D eigenvalue weighted by Gasteiger charge is -2.31. The Labute approximate surface area is 237 Å². The summed E-state index contributed by atoms with van der Waals surface area (Å²) in [6.45, 7) is 2.40. The zero-order valence-electron chi connectivity index (χ0n) is 22.3. The number of hydrogen-bond donors (Lipinski definition) is 0. The molecule has 192 valence electrons. The van der Waals surface area contributed by atoms with Gasteiger partial charge >= 0.3 is 0 Å². The monoisotopic (exact) mass is 532 g/mol. The number of para-hydroxylation sites is 2. The van der Waals surface area contributed by atoms with Gasteiger partial charge in [0.05, 0.1) is 27.5 Å². The Morgan fingerprint density at radius 2 is 1.43 bits per heavy atom. The number of nitrogens with zero attached hydrogens (tertiary/aromatic N) is 2. The van der Waals surface area contributed by atoms with Crippen molar-refractivity contribution in [3.8, 4) is 0 Å². The van der Waals surface area contributed by atoms with Gasteiger partial charge in [-0.3, -0.25) is 0 Å². The molecular formula is C37H28N2S. The SMILES string of the molecule is CC1CC=CC2=C1C1=CC(n3c4ccccc4c4ccccc43)=CCC1N2c1cccc2c1sc1ccccc12. The van der Waals surface area contributed by atoms with E-state index in [-0.39, 0.29) is 0 Å². The van der Waals surface area contributed by atoms with Crippen molar-refractivity contribution in [2.75, 3.05) is 4.90 Å². The molecule has 3 heterocycles. The molecule has 2 unspecified atom stereocenters. The topological polar surface area (TPSA) is 8.17 Å². The molecule has 2 aliphatic carbocycles. The van der Waals surface area contributed by atoms with Crippen molar-refractivity contribution >= 4 is 64.7 Å². The van der Waals surface area contributed by atoms with Crippen molar-refractivity contribution in [1.29, 1.82) is 0 Å². The van der Waals surface area contributed by atoms with Crippen molar-refractivity contribution in [2.24, 2.45) is 5.92 Å². The predicted molar refractivity (Wildman–Crippen MR) is 172 cm³/mol. The molecule has 2 nitrogen and oxygen atoms in total. The Balaban J connectivity index is 1.25. The number of thiophene rings is 1. The number of benzene rings is 4. The summed E-state index contributed by atoms with van der Waals surface area (Å²) in [5.74, 6) is 0.498. The summed E-state index contributed by atoms with van der Waals surface area (Å²) in [7, 11) is 0. The zero-order chi connectivity index (χ0) is 26.4. The third-order valence-electron chi connectivity index (χ3n) is 9.11. The van der Waals surface area contributed by atoms with Gasteiger partial charge in [0, 0.05) is 37.6 Å². The smallest absolute Gasteiger partial charge is 0.0631 e. The minimum absolute atomic E-state index is 0.308. The van der Waals surface area contributed by atoms with Gasteiger partial charge in [-0.25, -0.2) is 0 Å². The minimum atomic E-state index is 0.308. The van der Waals surface area contributed by atoms with Crippen molar-refractivity contribution < 1.29 is 0 Å². The lowest BCUT2D eigenvalue weighted by molar-refractivity contribution is 0.686. The van der Waals surface area contributed by atoms with Crippen molar-refractivity contribution in [3.05, 3.63) is 132 Å². The molecule has 0 amide bonds. The molecular weight excluding hydrogens is 504 g/mol. The van der Waals surface area contributed by atoms with Crippen molar-refractivity contribution in [3.63, 3.8) is 0 Å². The van der Waals surface area contributed by atoms with Gasteiger partial charge in [0.25, 0.3) is 0 Å². The van der Waals surface area contributed by atoms with Gasteiger partial charge in [-0.15, -0.1) is 11.3 Å². The molecule has 0 N–H and O–H groups in total. The predicted octanol–water partition coefficient (Wildman–Crippen LogP) is 10.1.